The van der Waals surface area contributed by atoms with Gasteiger partial charge in [0.2, 0.25) is 0 Å². The number of hydrazine groups is 1. The number of methoxy groups -OCH3 is 1. The zero-order chi connectivity index (χ0) is 20.9. The first-order valence-corrected chi connectivity index (χ1v) is 9.12. The molecule has 4 aromatic rings. The van der Waals surface area contributed by atoms with Gasteiger partial charge in [0.15, 0.2) is 17.5 Å². The molecule has 3 aromatic heterocycles. The van der Waals surface area contributed by atoms with Crippen molar-refractivity contribution in [1.29, 1.82) is 0 Å². The minimum Gasteiger partial charge on any atom is -0.495 e. The van der Waals surface area contributed by atoms with Crippen molar-refractivity contribution < 1.29 is 4.74 Å². The minimum atomic E-state index is 0.342. The van der Waals surface area contributed by atoms with E-state index in [0.717, 1.165) is 16.5 Å². The van der Waals surface area contributed by atoms with Crippen LogP contribution in [-0.2, 0) is 6.54 Å². The average molecular weight is 400 g/mol. The highest BCUT2D eigenvalue weighted by molar-refractivity contribution is 5.79. The summed E-state index contributed by atoms with van der Waals surface area (Å²) in [6, 6.07) is 11.7. The molecule has 30 heavy (non-hydrogen) atoms. The zero-order valence-electron chi connectivity index (χ0n) is 16.4. The van der Waals surface area contributed by atoms with Crippen LogP contribution in [0.25, 0.3) is 10.9 Å². The molecule has 0 fully saturated rings. The van der Waals surface area contributed by atoms with Gasteiger partial charge in [0, 0.05) is 17.6 Å². The van der Waals surface area contributed by atoms with Gasteiger partial charge in [0.05, 0.1) is 43.4 Å². The number of aromatic nitrogens is 4. The van der Waals surface area contributed by atoms with E-state index in [9.17, 15) is 0 Å². The molecule has 3 N–H and O–H groups in total. The summed E-state index contributed by atoms with van der Waals surface area (Å²) in [6.45, 7) is 3.98. The van der Waals surface area contributed by atoms with Crippen molar-refractivity contribution in [3.63, 3.8) is 0 Å². The van der Waals surface area contributed by atoms with E-state index in [0.29, 0.717) is 35.4 Å². The fourth-order valence-electron chi connectivity index (χ4n) is 2.98. The lowest BCUT2D eigenvalue weighted by atomic mass is 10.1. The van der Waals surface area contributed by atoms with Crippen LogP contribution in [0.2, 0.25) is 0 Å². The predicted octanol–water partition coefficient (Wildman–Crippen LogP) is 3.38. The lowest BCUT2D eigenvalue weighted by Gasteiger charge is -2.20. The molecule has 9 nitrogen and oxygen atoms in total. The van der Waals surface area contributed by atoms with Crippen LogP contribution in [0, 0.1) is 0 Å². The molecule has 0 amide bonds. The number of hydrogen-bond acceptors (Lipinski definition) is 9. The average Bonchev–Trinajstić information content (AvgIpc) is 2.79. The van der Waals surface area contributed by atoms with E-state index in [2.05, 4.69) is 37.0 Å². The van der Waals surface area contributed by atoms with Gasteiger partial charge in [-0.2, -0.15) is 0 Å². The lowest BCUT2D eigenvalue weighted by Crippen LogP contribution is -2.31. The number of ether oxygens (including phenoxy) is 1. The Morgan fingerprint density at radius 3 is 2.90 bits per heavy atom. The number of pyridine rings is 2. The normalized spacial score (nSPS) is 10.6. The van der Waals surface area contributed by atoms with Crippen LogP contribution in [0.15, 0.2) is 66.2 Å². The largest absolute Gasteiger partial charge is 0.495 e. The summed E-state index contributed by atoms with van der Waals surface area (Å²) in [5.41, 5.74) is 2.64. The van der Waals surface area contributed by atoms with Crippen molar-refractivity contribution in [2.45, 2.75) is 6.54 Å². The van der Waals surface area contributed by atoms with E-state index >= 15 is 0 Å². The second-order valence-corrected chi connectivity index (χ2v) is 6.46. The van der Waals surface area contributed by atoms with Crippen molar-refractivity contribution in [3.8, 4) is 5.75 Å². The first-order valence-electron chi connectivity index (χ1n) is 9.12. The Hall–Kier alpha value is -4.11. The van der Waals surface area contributed by atoms with Gasteiger partial charge in [-0.15, -0.1) is 0 Å². The summed E-state index contributed by atoms with van der Waals surface area (Å²) in [5.74, 6) is 8.18. The fraction of sp³-hybridized carbons (Fsp3) is 0.0952. The predicted molar refractivity (Wildman–Crippen MR) is 117 cm³/mol. The molecule has 0 radical (unpaired) electrons. The molecule has 0 aliphatic rings. The minimum absolute atomic E-state index is 0.342. The first-order chi connectivity index (χ1) is 14.7. The van der Waals surface area contributed by atoms with Gasteiger partial charge in [-0.3, -0.25) is 15.0 Å². The monoisotopic (exact) mass is 400 g/mol. The standard InChI is InChI=1S/C21H20N8O/c1-23-20-21(28-19(12-26-20)27-16-9-17(30-2)11-24-10-16)29(22)13-14-5-6-18-15(8-14)4-3-7-25-18/h3-12H,1,13,22H2,2H3,(H,27,28). The summed E-state index contributed by atoms with van der Waals surface area (Å²) in [6.07, 6.45) is 6.61. The molecule has 0 aliphatic carbocycles. The highest BCUT2D eigenvalue weighted by Gasteiger charge is 2.13. The molecule has 0 spiro atoms. The molecule has 150 valence electrons. The fourth-order valence-corrected chi connectivity index (χ4v) is 2.98. The van der Waals surface area contributed by atoms with Crippen LogP contribution in [0.4, 0.5) is 23.1 Å². The number of nitrogens with one attached hydrogen (secondary N) is 1. The van der Waals surface area contributed by atoms with Gasteiger partial charge in [0.25, 0.3) is 0 Å². The third kappa shape index (κ3) is 4.15. The summed E-state index contributed by atoms with van der Waals surface area (Å²) < 4.78 is 5.19. The Labute approximate surface area is 173 Å². The Morgan fingerprint density at radius 1 is 1.17 bits per heavy atom. The Morgan fingerprint density at radius 2 is 2.07 bits per heavy atom. The van der Waals surface area contributed by atoms with Crippen molar-refractivity contribution in [2.75, 3.05) is 17.4 Å². The molecule has 0 bridgehead atoms. The Balaban J connectivity index is 1.59. The third-order valence-corrected chi connectivity index (χ3v) is 4.40. The van der Waals surface area contributed by atoms with E-state index in [-0.39, 0.29) is 0 Å². The van der Waals surface area contributed by atoms with Gasteiger partial charge in [0.1, 0.15) is 5.75 Å². The van der Waals surface area contributed by atoms with Crippen molar-refractivity contribution >= 4 is 40.8 Å². The number of rotatable bonds is 7. The van der Waals surface area contributed by atoms with E-state index in [1.807, 2.05) is 30.3 Å². The molecule has 4 rings (SSSR count). The van der Waals surface area contributed by atoms with Crippen LogP contribution in [0.3, 0.4) is 0 Å². The maximum atomic E-state index is 6.32. The van der Waals surface area contributed by atoms with E-state index < -0.39 is 0 Å². The molecular weight excluding hydrogens is 380 g/mol. The summed E-state index contributed by atoms with van der Waals surface area (Å²) in [4.78, 5) is 21.3. The number of anilines is 3. The number of nitrogens with zero attached hydrogens (tertiary/aromatic N) is 6. The van der Waals surface area contributed by atoms with Crippen LogP contribution >= 0.6 is 0 Å². The topological polar surface area (TPSA) is 114 Å². The van der Waals surface area contributed by atoms with Gasteiger partial charge >= 0.3 is 0 Å². The summed E-state index contributed by atoms with van der Waals surface area (Å²) >= 11 is 0. The molecule has 0 unspecified atom stereocenters. The quantitative estimate of drug-likeness (QED) is 0.276. The summed E-state index contributed by atoms with van der Waals surface area (Å²) in [5, 5.41) is 5.67. The Bertz CT molecular complexity index is 1200. The van der Waals surface area contributed by atoms with Crippen LogP contribution < -0.4 is 20.9 Å². The van der Waals surface area contributed by atoms with Crippen molar-refractivity contribution in [1.82, 2.24) is 19.9 Å². The van der Waals surface area contributed by atoms with Crippen LogP contribution in [-0.4, -0.2) is 33.8 Å². The Kier molecular flexibility index (Phi) is 5.44. The van der Waals surface area contributed by atoms with Crippen LogP contribution in [0.5, 0.6) is 5.75 Å². The molecule has 9 heteroatoms. The van der Waals surface area contributed by atoms with Crippen LogP contribution in [0.1, 0.15) is 5.56 Å². The lowest BCUT2D eigenvalue weighted by molar-refractivity contribution is 0.413. The molecule has 1 aromatic carbocycles. The van der Waals surface area contributed by atoms with Gasteiger partial charge < -0.3 is 10.1 Å². The number of fused-ring (bicyclic) bond motifs is 1. The molecule has 0 saturated heterocycles. The van der Waals surface area contributed by atoms with E-state index in [4.69, 9.17) is 10.6 Å². The van der Waals surface area contributed by atoms with Gasteiger partial charge in [-0.25, -0.2) is 20.8 Å². The smallest absolute Gasteiger partial charge is 0.196 e. The molecular formula is C21H20N8O. The number of benzene rings is 1. The molecule has 3 heterocycles. The van der Waals surface area contributed by atoms with Crippen molar-refractivity contribution in [3.05, 3.63) is 66.7 Å². The maximum absolute atomic E-state index is 6.32. The van der Waals surface area contributed by atoms with Crippen molar-refractivity contribution in [2.24, 2.45) is 10.8 Å². The van der Waals surface area contributed by atoms with Gasteiger partial charge in [-0.05, 0) is 30.5 Å². The SMILES string of the molecule is C=Nc1ncc(Nc2cncc(OC)c2)nc1N(N)Cc1ccc2ncccc2c1. The summed E-state index contributed by atoms with van der Waals surface area (Å²) in [7, 11) is 1.58. The number of nitrogens with two attached hydrogens (primary N) is 1. The highest BCUT2D eigenvalue weighted by atomic mass is 16.5. The third-order valence-electron chi connectivity index (χ3n) is 4.40. The zero-order valence-corrected chi connectivity index (χ0v) is 16.4. The molecule has 0 saturated carbocycles. The maximum Gasteiger partial charge on any atom is 0.196 e. The number of hydrogen-bond donors (Lipinski definition) is 2. The second kappa shape index (κ2) is 8.50. The molecule has 0 aliphatic heterocycles. The molecule has 0 atom stereocenters. The van der Waals surface area contributed by atoms with E-state index in [1.165, 1.54) is 5.01 Å². The second-order valence-electron chi connectivity index (χ2n) is 6.46. The first kappa shape index (κ1) is 19.2. The van der Waals surface area contributed by atoms with E-state index in [1.54, 1.807) is 38.0 Å². The van der Waals surface area contributed by atoms with Gasteiger partial charge in [-0.1, -0.05) is 12.1 Å². The highest BCUT2D eigenvalue weighted by Crippen LogP contribution is 2.27. The number of aliphatic imine (C=N–C) groups is 1.